The fourth-order valence-electron chi connectivity index (χ4n) is 2.87. The fraction of sp³-hybridized carbons (Fsp3) is 0.412. The van der Waals surface area contributed by atoms with Gasteiger partial charge in [0.1, 0.15) is 12.7 Å². The molecule has 4 heteroatoms. The molecule has 0 spiro atoms. The molecule has 1 N–H and O–H groups in total. The molecular weight excluding hydrogens is 260 g/mol. The Bertz CT molecular complexity index is 560. The number of hydrogen-bond donors (Lipinski definition) is 1. The van der Waals surface area contributed by atoms with Gasteiger partial charge in [-0.25, -0.2) is 4.98 Å². The summed E-state index contributed by atoms with van der Waals surface area (Å²) >= 11 is 0. The van der Waals surface area contributed by atoms with Gasteiger partial charge in [-0.3, -0.25) is 4.68 Å². The predicted molar refractivity (Wildman–Crippen MR) is 84.7 cm³/mol. The molecule has 110 valence electrons. The minimum Gasteiger partial charge on any atom is -0.310 e. The van der Waals surface area contributed by atoms with Crippen LogP contribution in [0.1, 0.15) is 31.2 Å². The van der Waals surface area contributed by atoms with Gasteiger partial charge in [-0.05, 0) is 30.4 Å². The lowest BCUT2D eigenvalue weighted by Gasteiger charge is -2.24. The lowest BCUT2D eigenvalue weighted by atomic mass is 9.93. The first-order valence-electron chi connectivity index (χ1n) is 7.72. The summed E-state index contributed by atoms with van der Waals surface area (Å²) in [6.07, 6.45) is 10.4. The standard InChI is InChI=1S/C17H22N4/c1-2-6-15(7-3-1)16-9-10-19-17(12-16)8-4-5-11-21-14-18-13-20-21/h1-3,6-7,9,13-14,17,19H,4-5,8,10-12H2. The van der Waals surface area contributed by atoms with Crippen LogP contribution in [0.3, 0.4) is 0 Å². The average molecular weight is 282 g/mol. The van der Waals surface area contributed by atoms with Crippen LogP contribution in [0.4, 0.5) is 0 Å². The third kappa shape index (κ3) is 4.02. The van der Waals surface area contributed by atoms with Crippen LogP contribution in [0.25, 0.3) is 5.57 Å². The van der Waals surface area contributed by atoms with Crippen LogP contribution >= 0.6 is 0 Å². The predicted octanol–water partition coefficient (Wildman–Crippen LogP) is 2.89. The first-order chi connectivity index (χ1) is 10.4. The second-order valence-corrected chi connectivity index (χ2v) is 5.56. The third-order valence-electron chi connectivity index (χ3n) is 4.02. The monoisotopic (exact) mass is 282 g/mol. The van der Waals surface area contributed by atoms with E-state index in [2.05, 4.69) is 51.8 Å². The van der Waals surface area contributed by atoms with E-state index < -0.39 is 0 Å². The van der Waals surface area contributed by atoms with E-state index in [1.54, 1.807) is 12.7 Å². The van der Waals surface area contributed by atoms with Gasteiger partial charge in [-0.2, -0.15) is 5.10 Å². The third-order valence-corrected chi connectivity index (χ3v) is 4.02. The summed E-state index contributed by atoms with van der Waals surface area (Å²) in [7, 11) is 0. The highest BCUT2D eigenvalue weighted by Crippen LogP contribution is 2.24. The minimum absolute atomic E-state index is 0.598. The summed E-state index contributed by atoms with van der Waals surface area (Å²) in [6, 6.07) is 11.3. The van der Waals surface area contributed by atoms with Crippen molar-refractivity contribution in [3.8, 4) is 0 Å². The Morgan fingerprint density at radius 2 is 2.10 bits per heavy atom. The summed E-state index contributed by atoms with van der Waals surface area (Å²) in [5.74, 6) is 0. The minimum atomic E-state index is 0.598. The summed E-state index contributed by atoms with van der Waals surface area (Å²) in [4.78, 5) is 3.97. The van der Waals surface area contributed by atoms with Gasteiger partial charge in [0.05, 0.1) is 0 Å². The second kappa shape index (κ2) is 7.18. The van der Waals surface area contributed by atoms with Crippen molar-refractivity contribution in [1.82, 2.24) is 20.1 Å². The topological polar surface area (TPSA) is 42.7 Å². The van der Waals surface area contributed by atoms with E-state index in [0.29, 0.717) is 6.04 Å². The zero-order chi connectivity index (χ0) is 14.3. The van der Waals surface area contributed by atoms with E-state index in [9.17, 15) is 0 Å². The van der Waals surface area contributed by atoms with Gasteiger partial charge in [-0.1, -0.05) is 42.8 Å². The molecule has 1 aromatic carbocycles. The highest BCUT2D eigenvalue weighted by Gasteiger charge is 2.15. The number of benzene rings is 1. The zero-order valence-corrected chi connectivity index (χ0v) is 12.3. The van der Waals surface area contributed by atoms with Crippen LogP contribution in [0.2, 0.25) is 0 Å². The Labute approximate surface area is 125 Å². The van der Waals surface area contributed by atoms with Crippen molar-refractivity contribution in [2.75, 3.05) is 6.54 Å². The molecule has 0 saturated carbocycles. The first kappa shape index (κ1) is 14.0. The van der Waals surface area contributed by atoms with Gasteiger partial charge < -0.3 is 5.32 Å². The van der Waals surface area contributed by atoms with Crippen LogP contribution in [0.15, 0.2) is 49.1 Å². The molecule has 1 aliphatic heterocycles. The lowest BCUT2D eigenvalue weighted by molar-refractivity contribution is 0.456. The largest absolute Gasteiger partial charge is 0.310 e. The molecular formula is C17H22N4. The van der Waals surface area contributed by atoms with E-state index in [0.717, 1.165) is 25.9 Å². The van der Waals surface area contributed by atoms with Crippen LogP contribution in [0.5, 0.6) is 0 Å². The molecule has 1 aliphatic rings. The molecule has 0 radical (unpaired) electrons. The number of aromatic nitrogens is 3. The number of aryl methyl sites for hydroxylation is 1. The van der Waals surface area contributed by atoms with E-state index in [1.165, 1.54) is 24.0 Å². The van der Waals surface area contributed by atoms with Gasteiger partial charge >= 0.3 is 0 Å². The first-order valence-corrected chi connectivity index (χ1v) is 7.72. The number of unbranched alkanes of at least 4 members (excludes halogenated alkanes) is 1. The van der Waals surface area contributed by atoms with Gasteiger partial charge in [0.2, 0.25) is 0 Å². The maximum Gasteiger partial charge on any atom is 0.137 e. The van der Waals surface area contributed by atoms with Gasteiger partial charge in [-0.15, -0.1) is 0 Å². The van der Waals surface area contributed by atoms with E-state index in [4.69, 9.17) is 0 Å². The molecule has 0 aliphatic carbocycles. The maximum absolute atomic E-state index is 4.13. The van der Waals surface area contributed by atoms with E-state index >= 15 is 0 Å². The number of nitrogens with one attached hydrogen (secondary N) is 1. The molecule has 2 aromatic rings. The Hall–Kier alpha value is -1.94. The van der Waals surface area contributed by atoms with Crippen LogP contribution < -0.4 is 5.32 Å². The summed E-state index contributed by atoms with van der Waals surface area (Å²) < 4.78 is 1.91. The highest BCUT2D eigenvalue weighted by molar-refractivity contribution is 5.66. The molecule has 3 rings (SSSR count). The molecule has 1 aromatic heterocycles. The second-order valence-electron chi connectivity index (χ2n) is 5.56. The quantitative estimate of drug-likeness (QED) is 0.828. The van der Waals surface area contributed by atoms with Crippen molar-refractivity contribution in [1.29, 1.82) is 0 Å². The lowest BCUT2D eigenvalue weighted by Crippen LogP contribution is -2.32. The molecule has 0 amide bonds. The highest BCUT2D eigenvalue weighted by atomic mass is 15.3. The molecule has 0 bridgehead atoms. The van der Waals surface area contributed by atoms with Crippen molar-refractivity contribution >= 4 is 5.57 Å². The van der Waals surface area contributed by atoms with Crippen molar-refractivity contribution in [2.24, 2.45) is 0 Å². The summed E-state index contributed by atoms with van der Waals surface area (Å²) in [5, 5.41) is 7.73. The van der Waals surface area contributed by atoms with Gasteiger partial charge in [0.25, 0.3) is 0 Å². The normalized spacial score (nSPS) is 18.5. The van der Waals surface area contributed by atoms with Crippen molar-refractivity contribution in [3.05, 3.63) is 54.6 Å². The molecule has 0 saturated heterocycles. The SMILES string of the molecule is C1=C(c2ccccc2)CC(CCCCn2cncn2)NC1. The van der Waals surface area contributed by atoms with Gasteiger partial charge in [0, 0.05) is 19.1 Å². The fourth-order valence-corrected chi connectivity index (χ4v) is 2.87. The smallest absolute Gasteiger partial charge is 0.137 e. The van der Waals surface area contributed by atoms with Crippen LogP contribution in [0, 0.1) is 0 Å². The van der Waals surface area contributed by atoms with E-state index in [1.807, 2.05) is 4.68 Å². The zero-order valence-electron chi connectivity index (χ0n) is 12.3. The Kier molecular flexibility index (Phi) is 4.79. The van der Waals surface area contributed by atoms with Crippen LogP contribution in [-0.2, 0) is 6.54 Å². The summed E-state index contributed by atoms with van der Waals surface area (Å²) in [5.41, 5.74) is 2.85. The Morgan fingerprint density at radius 1 is 1.19 bits per heavy atom. The molecule has 0 fully saturated rings. The molecule has 1 atom stereocenters. The Morgan fingerprint density at radius 3 is 2.90 bits per heavy atom. The molecule has 21 heavy (non-hydrogen) atoms. The van der Waals surface area contributed by atoms with Gasteiger partial charge in [0.15, 0.2) is 0 Å². The van der Waals surface area contributed by atoms with Crippen molar-refractivity contribution in [3.63, 3.8) is 0 Å². The number of hydrogen-bond acceptors (Lipinski definition) is 3. The molecule has 2 heterocycles. The number of nitrogens with zero attached hydrogens (tertiary/aromatic N) is 3. The maximum atomic E-state index is 4.13. The average Bonchev–Trinajstić information content (AvgIpc) is 3.06. The van der Waals surface area contributed by atoms with Crippen molar-refractivity contribution < 1.29 is 0 Å². The molecule has 1 unspecified atom stereocenters. The molecule has 4 nitrogen and oxygen atoms in total. The number of rotatable bonds is 6. The Balaban J connectivity index is 1.44. The van der Waals surface area contributed by atoms with E-state index in [-0.39, 0.29) is 0 Å². The summed E-state index contributed by atoms with van der Waals surface area (Å²) in [6.45, 7) is 1.95. The van der Waals surface area contributed by atoms with Crippen LogP contribution in [-0.4, -0.2) is 27.4 Å². The van der Waals surface area contributed by atoms with Crippen molar-refractivity contribution in [2.45, 2.75) is 38.3 Å².